The number of hydrogen-bond acceptors (Lipinski definition) is 7. The fourth-order valence-electron chi connectivity index (χ4n) is 9.70. The number of likely N-dealkylation sites (N-methyl/N-ethyl adjacent to an activating group) is 1. The third-order valence-corrected chi connectivity index (χ3v) is 15.9. The normalized spacial score (nSPS) is 14.0. The number of phosphoric ester groups is 1. The molecule has 0 spiro atoms. The zero-order valence-corrected chi connectivity index (χ0v) is 53.7. The van der Waals surface area contributed by atoms with Crippen molar-refractivity contribution in [2.24, 2.45) is 0 Å². The van der Waals surface area contributed by atoms with Gasteiger partial charge >= 0.3 is 5.97 Å². The Kier molecular flexibility index (Phi) is 57.2. The van der Waals surface area contributed by atoms with Gasteiger partial charge in [0.05, 0.1) is 33.8 Å². The van der Waals surface area contributed by atoms with Crippen LogP contribution in [0.2, 0.25) is 0 Å². The highest BCUT2D eigenvalue weighted by Gasteiger charge is 2.27. The summed E-state index contributed by atoms with van der Waals surface area (Å²) in [5.74, 6) is -0.540. The van der Waals surface area contributed by atoms with Gasteiger partial charge in [0.2, 0.25) is 5.91 Å². The molecule has 1 N–H and O–H groups in total. The zero-order valence-electron chi connectivity index (χ0n) is 52.8. The minimum atomic E-state index is -4.70. The van der Waals surface area contributed by atoms with Crippen LogP contribution in [0, 0.1) is 0 Å². The lowest BCUT2D eigenvalue weighted by atomic mass is 10.0. The van der Waals surface area contributed by atoms with Crippen LogP contribution >= 0.6 is 7.82 Å². The van der Waals surface area contributed by atoms with Gasteiger partial charge in [-0.15, -0.1) is 0 Å². The van der Waals surface area contributed by atoms with Crippen molar-refractivity contribution in [1.29, 1.82) is 0 Å². The molecule has 0 rings (SSSR count). The van der Waals surface area contributed by atoms with Gasteiger partial charge in [0, 0.05) is 12.8 Å². The van der Waals surface area contributed by atoms with Crippen LogP contribution in [0.1, 0.15) is 316 Å². The Morgan fingerprint density at radius 3 is 1.19 bits per heavy atom. The molecule has 0 fully saturated rings. The molecule has 0 radical (unpaired) electrons. The minimum absolute atomic E-state index is 0.0236. The predicted molar refractivity (Wildman–Crippen MR) is 339 cm³/mol. The molecule has 0 saturated heterocycles. The largest absolute Gasteiger partial charge is 0.756 e. The first-order valence-corrected chi connectivity index (χ1v) is 35.1. The van der Waals surface area contributed by atoms with E-state index in [1.165, 1.54) is 199 Å². The molecule has 10 heteroatoms. The molecule has 0 saturated carbocycles. The summed E-state index contributed by atoms with van der Waals surface area (Å²) in [5, 5.41) is 3.04. The Hall–Kier alpha value is -2.29. The molecule has 1 amide bonds. The fourth-order valence-corrected chi connectivity index (χ4v) is 10.4. The lowest BCUT2D eigenvalue weighted by Crippen LogP contribution is -2.47. The maximum absolute atomic E-state index is 13.6. The van der Waals surface area contributed by atoms with E-state index in [2.05, 4.69) is 74.7 Å². The lowest BCUT2D eigenvalue weighted by molar-refractivity contribution is -0.870. The van der Waals surface area contributed by atoms with Gasteiger partial charge in [0.1, 0.15) is 19.3 Å². The number of nitrogens with zero attached hydrogens (tertiary/aromatic N) is 1. The quantitative estimate of drug-likeness (QED) is 0.0212. The number of carbonyl (C=O) groups is 2. The van der Waals surface area contributed by atoms with Gasteiger partial charge < -0.3 is 28.5 Å². The highest BCUT2D eigenvalue weighted by molar-refractivity contribution is 7.45. The first-order valence-electron chi connectivity index (χ1n) is 33.6. The summed E-state index contributed by atoms with van der Waals surface area (Å²) in [6, 6.07) is -0.891. The third kappa shape index (κ3) is 60.1. The Labute approximate surface area is 490 Å². The van der Waals surface area contributed by atoms with Crippen LogP contribution in [-0.2, 0) is 27.9 Å². The lowest BCUT2D eigenvalue weighted by Gasteiger charge is -2.30. The molecule has 462 valence electrons. The van der Waals surface area contributed by atoms with Crippen molar-refractivity contribution >= 4 is 19.7 Å². The number of carbonyl (C=O) groups excluding carboxylic acids is 2. The number of amides is 1. The number of nitrogens with one attached hydrogen (secondary N) is 1. The van der Waals surface area contributed by atoms with E-state index in [-0.39, 0.29) is 31.5 Å². The second-order valence-electron chi connectivity index (χ2n) is 24.0. The van der Waals surface area contributed by atoms with Crippen molar-refractivity contribution < 1.29 is 37.3 Å². The second kappa shape index (κ2) is 58.9. The van der Waals surface area contributed by atoms with Gasteiger partial charge in [-0.3, -0.25) is 14.2 Å². The number of ether oxygens (including phenoxy) is 1. The van der Waals surface area contributed by atoms with E-state index in [1.807, 2.05) is 33.3 Å². The van der Waals surface area contributed by atoms with Crippen LogP contribution < -0.4 is 10.2 Å². The number of quaternary nitrogens is 1. The molecule has 79 heavy (non-hydrogen) atoms. The molecule has 0 aliphatic carbocycles. The smallest absolute Gasteiger partial charge is 0.306 e. The summed E-state index contributed by atoms with van der Waals surface area (Å²) in [4.78, 5) is 40.1. The highest BCUT2D eigenvalue weighted by atomic mass is 31.2. The topological polar surface area (TPSA) is 114 Å². The average molecular weight is 1130 g/mol. The molecule has 3 unspecified atom stereocenters. The number of esters is 1. The number of phosphoric acid groups is 1. The number of rotatable bonds is 61. The molecule has 0 aromatic heterocycles. The molecular weight excluding hydrogens is 1000 g/mol. The van der Waals surface area contributed by atoms with E-state index >= 15 is 0 Å². The fraction of sp³-hybridized carbons (Fsp3) is 0.826. The van der Waals surface area contributed by atoms with E-state index in [9.17, 15) is 19.0 Å². The molecule has 0 aromatic carbocycles. The molecule has 9 nitrogen and oxygen atoms in total. The summed E-state index contributed by atoms with van der Waals surface area (Å²) in [6.07, 6.45) is 74.8. The van der Waals surface area contributed by atoms with Gasteiger partial charge in [0.15, 0.2) is 0 Å². The van der Waals surface area contributed by atoms with Crippen LogP contribution in [0.15, 0.2) is 60.8 Å². The van der Waals surface area contributed by atoms with Crippen molar-refractivity contribution in [1.82, 2.24) is 5.32 Å². The summed E-state index contributed by atoms with van der Waals surface area (Å²) in [6.45, 7) is 6.83. The van der Waals surface area contributed by atoms with Crippen molar-refractivity contribution in [3.8, 4) is 0 Å². The van der Waals surface area contributed by atoms with Crippen molar-refractivity contribution in [3.05, 3.63) is 60.8 Å². The maximum atomic E-state index is 13.6. The molecular formula is C69H129N2O7P. The number of unbranched alkanes of at least 4 members (excludes halogenated alkanes) is 37. The van der Waals surface area contributed by atoms with Crippen LogP contribution in [0.4, 0.5) is 0 Å². The number of hydrogen-bond donors (Lipinski definition) is 1. The predicted octanol–water partition coefficient (Wildman–Crippen LogP) is 20.4. The van der Waals surface area contributed by atoms with Crippen molar-refractivity contribution in [2.45, 2.75) is 328 Å². The van der Waals surface area contributed by atoms with Crippen LogP contribution in [0.3, 0.4) is 0 Å². The van der Waals surface area contributed by atoms with Crippen molar-refractivity contribution in [3.63, 3.8) is 0 Å². The minimum Gasteiger partial charge on any atom is -0.756 e. The maximum Gasteiger partial charge on any atom is 0.306 e. The van der Waals surface area contributed by atoms with Crippen LogP contribution in [0.5, 0.6) is 0 Å². The second-order valence-corrected chi connectivity index (χ2v) is 25.4. The Balaban J connectivity index is 5.07. The van der Waals surface area contributed by atoms with Gasteiger partial charge in [-0.05, 0) is 96.0 Å². The first kappa shape index (κ1) is 76.7. The third-order valence-electron chi connectivity index (χ3n) is 14.9. The van der Waals surface area contributed by atoms with Crippen LogP contribution in [-0.4, -0.2) is 69.4 Å². The standard InChI is InChI=1S/C69H129N2O7P/c1-7-10-13-16-19-22-25-27-29-31-32-33-34-35-36-37-38-40-41-43-46-49-52-55-58-61-68(72)70-66(65-77-79(74,75)76-64-63-71(4,5)6)67(60-57-54-51-48-45-24-21-18-15-12-9-3)78-69(73)62-59-56-53-50-47-44-42-39-30-28-26-23-20-17-14-11-8-2/h19,22,27-30,32-33,57,60,66-67H,7-18,20-21,23-26,31,34-56,58-59,61-65H2,1-6H3,(H-,70,72,74,75)/b22-19-,29-27-,30-28+,33-32-,60-57-. The Bertz CT molecular complexity index is 1540. The molecule has 0 aromatic rings. The van der Waals surface area contributed by atoms with Crippen molar-refractivity contribution in [2.75, 3.05) is 40.9 Å². The number of allylic oxidation sites excluding steroid dienone is 9. The summed E-state index contributed by atoms with van der Waals surface area (Å²) in [7, 11) is 1.19. The first-order chi connectivity index (χ1) is 38.4. The van der Waals surface area contributed by atoms with Gasteiger partial charge in [-0.1, -0.05) is 268 Å². The SMILES string of the molecule is CCCCC/C=C\C/C=C\C/C=C\CCCCCCCCCCCCCCC(=O)NC(COP(=O)([O-])OCC[N+](C)(C)C)C(/C=C\CCCCCCCCCCC)OC(=O)CCCCCCCCC/C=C/CCCCCCCC. The summed E-state index contributed by atoms with van der Waals surface area (Å²) < 4.78 is 30.4. The van der Waals surface area contributed by atoms with Gasteiger partial charge in [0.25, 0.3) is 7.82 Å². The molecule has 0 heterocycles. The van der Waals surface area contributed by atoms with E-state index < -0.39 is 20.0 Å². The Morgan fingerprint density at radius 2 is 0.772 bits per heavy atom. The molecule has 0 aliphatic heterocycles. The van der Waals surface area contributed by atoms with Crippen LogP contribution in [0.25, 0.3) is 0 Å². The summed E-state index contributed by atoms with van der Waals surface area (Å²) >= 11 is 0. The zero-order chi connectivity index (χ0) is 57.9. The molecule has 3 atom stereocenters. The van der Waals surface area contributed by atoms with Gasteiger partial charge in [-0.25, -0.2) is 0 Å². The molecule has 0 aliphatic rings. The molecule has 0 bridgehead atoms. The van der Waals surface area contributed by atoms with Gasteiger partial charge in [-0.2, -0.15) is 0 Å². The summed E-state index contributed by atoms with van der Waals surface area (Å²) in [5.41, 5.74) is 0. The van der Waals surface area contributed by atoms with E-state index in [0.29, 0.717) is 17.4 Å². The average Bonchev–Trinajstić information content (AvgIpc) is 3.41. The van der Waals surface area contributed by atoms with E-state index in [4.69, 9.17) is 13.8 Å². The highest BCUT2D eigenvalue weighted by Crippen LogP contribution is 2.38. The van der Waals surface area contributed by atoms with E-state index in [1.54, 1.807) is 0 Å². The monoisotopic (exact) mass is 1130 g/mol. The Morgan fingerprint density at radius 1 is 0.443 bits per heavy atom. The van der Waals surface area contributed by atoms with E-state index in [0.717, 1.165) is 83.5 Å².